The Bertz CT molecular complexity index is 700. The quantitative estimate of drug-likeness (QED) is 0.832. The maximum atomic E-state index is 14.3. The molecule has 1 aliphatic rings. The Labute approximate surface area is 143 Å². The second-order valence-corrected chi connectivity index (χ2v) is 6.61. The van der Waals surface area contributed by atoms with Crippen molar-refractivity contribution in [3.05, 3.63) is 64.5 Å². The van der Waals surface area contributed by atoms with Gasteiger partial charge in [-0.25, -0.2) is 4.39 Å². The molecular formula is C20H25FN2O. The highest BCUT2D eigenvalue weighted by Gasteiger charge is 2.12. The fourth-order valence-electron chi connectivity index (χ4n) is 3.09. The first-order valence-corrected chi connectivity index (χ1v) is 8.48. The van der Waals surface area contributed by atoms with Gasteiger partial charge < -0.3 is 15.0 Å². The minimum Gasteiger partial charge on any atom is -0.381 e. The van der Waals surface area contributed by atoms with Crippen molar-refractivity contribution < 1.29 is 9.13 Å². The van der Waals surface area contributed by atoms with Crippen LogP contribution >= 0.6 is 0 Å². The number of rotatable bonds is 7. The number of nitrogens with one attached hydrogen (secondary N) is 1. The van der Waals surface area contributed by atoms with E-state index in [2.05, 4.69) is 36.4 Å². The molecule has 0 aromatic heterocycles. The molecule has 0 fully saturated rings. The minimum atomic E-state index is -0.130. The van der Waals surface area contributed by atoms with Gasteiger partial charge in [-0.15, -0.1) is 0 Å². The number of nitrogens with zero attached hydrogens (tertiary/aromatic N) is 1. The summed E-state index contributed by atoms with van der Waals surface area (Å²) >= 11 is 0. The van der Waals surface area contributed by atoms with Crippen molar-refractivity contribution in [3.8, 4) is 0 Å². The van der Waals surface area contributed by atoms with Gasteiger partial charge in [0.05, 0.1) is 13.2 Å². The molecule has 0 amide bonds. The topological polar surface area (TPSA) is 24.5 Å². The Balaban J connectivity index is 1.67. The molecule has 4 heteroatoms. The van der Waals surface area contributed by atoms with Gasteiger partial charge in [-0.2, -0.15) is 0 Å². The van der Waals surface area contributed by atoms with Gasteiger partial charge in [0.1, 0.15) is 5.82 Å². The minimum absolute atomic E-state index is 0.130. The third-order valence-corrected chi connectivity index (χ3v) is 4.46. The van der Waals surface area contributed by atoms with Crippen LogP contribution in [-0.2, 0) is 30.9 Å². The van der Waals surface area contributed by atoms with Crippen molar-refractivity contribution in [3.63, 3.8) is 0 Å². The van der Waals surface area contributed by atoms with Gasteiger partial charge in [0, 0.05) is 17.8 Å². The SMILES string of the molecule is CN(C)CCCc1cccc(F)c1CNc1ccc2c(c1)COC2. The lowest BCUT2D eigenvalue weighted by Crippen LogP contribution is -2.14. The maximum Gasteiger partial charge on any atom is 0.128 e. The van der Waals surface area contributed by atoms with Crippen molar-refractivity contribution in [1.29, 1.82) is 0 Å². The first kappa shape index (κ1) is 16.9. The van der Waals surface area contributed by atoms with Gasteiger partial charge >= 0.3 is 0 Å². The van der Waals surface area contributed by atoms with Crippen LogP contribution in [0.25, 0.3) is 0 Å². The molecule has 24 heavy (non-hydrogen) atoms. The summed E-state index contributed by atoms with van der Waals surface area (Å²) in [4.78, 5) is 2.16. The number of aryl methyl sites for hydroxylation is 1. The Hall–Kier alpha value is -1.91. The van der Waals surface area contributed by atoms with E-state index in [0.717, 1.165) is 36.2 Å². The summed E-state index contributed by atoms with van der Waals surface area (Å²) < 4.78 is 19.7. The molecule has 0 saturated heterocycles. The lowest BCUT2D eigenvalue weighted by molar-refractivity contribution is 0.134. The summed E-state index contributed by atoms with van der Waals surface area (Å²) in [5.74, 6) is -0.130. The maximum absolute atomic E-state index is 14.3. The van der Waals surface area contributed by atoms with Crippen LogP contribution in [0.3, 0.4) is 0 Å². The Morgan fingerprint density at radius 3 is 2.79 bits per heavy atom. The van der Waals surface area contributed by atoms with Gasteiger partial charge in [-0.3, -0.25) is 0 Å². The molecule has 1 aliphatic heterocycles. The Morgan fingerprint density at radius 2 is 1.96 bits per heavy atom. The van der Waals surface area contributed by atoms with Crippen LogP contribution in [0.4, 0.5) is 10.1 Å². The molecule has 0 bridgehead atoms. The first-order valence-electron chi connectivity index (χ1n) is 8.48. The summed E-state index contributed by atoms with van der Waals surface area (Å²) in [6.07, 6.45) is 1.92. The fourth-order valence-corrected chi connectivity index (χ4v) is 3.09. The zero-order valence-corrected chi connectivity index (χ0v) is 14.4. The van der Waals surface area contributed by atoms with Gasteiger partial charge in [-0.1, -0.05) is 18.2 Å². The largest absolute Gasteiger partial charge is 0.381 e. The van der Waals surface area contributed by atoms with Gasteiger partial charge in [-0.05, 0) is 68.4 Å². The molecule has 1 heterocycles. The fraction of sp³-hybridized carbons (Fsp3) is 0.400. The average Bonchev–Trinajstić information content (AvgIpc) is 3.01. The molecule has 0 unspecified atom stereocenters. The molecule has 0 atom stereocenters. The summed E-state index contributed by atoms with van der Waals surface area (Å²) in [5.41, 5.74) is 5.35. The van der Waals surface area contributed by atoms with E-state index in [4.69, 9.17) is 4.74 Å². The summed E-state index contributed by atoms with van der Waals surface area (Å²) in [6, 6.07) is 11.6. The van der Waals surface area contributed by atoms with Crippen LogP contribution in [0.2, 0.25) is 0 Å². The van der Waals surface area contributed by atoms with Crippen LogP contribution in [0.5, 0.6) is 0 Å². The van der Waals surface area contributed by atoms with E-state index in [0.29, 0.717) is 19.8 Å². The number of fused-ring (bicyclic) bond motifs is 1. The molecule has 0 radical (unpaired) electrons. The van der Waals surface area contributed by atoms with Gasteiger partial charge in [0.2, 0.25) is 0 Å². The van der Waals surface area contributed by atoms with E-state index in [-0.39, 0.29) is 5.82 Å². The van der Waals surface area contributed by atoms with Gasteiger partial charge in [0.25, 0.3) is 0 Å². The van der Waals surface area contributed by atoms with E-state index >= 15 is 0 Å². The number of benzene rings is 2. The van der Waals surface area contributed by atoms with E-state index in [1.54, 1.807) is 12.1 Å². The highest BCUT2D eigenvalue weighted by atomic mass is 19.1. The van der Waals surface area contributed by atoms with E-state index in [1.807, 2.05) is 12.1 Å². The van der Waals surface area contributed by atoms with Crippen LogP contribution < -0.4 is 5.32 Å². The van der Waals surface area contributed by atoms with Crippen LogP contribution in [-0.4, -0.2) is 25.5 Å². The second kappa shape index (κ2) is 7.77. The molecular weight excluding hydrogens is 303 g/mol. The molecule has 2 aromatic rings. The zero-order chi connectivity index (χ0) is 16.9. The normalized spacial score (nSPS) is 13.3. The highest BCUT2D eigenvalue weighted by Crippen LogP contribution is 2.24. The number of halogens is 1. The predicted molar refractivity (Wildman–Crippen MR) is 95.5 cm³/mol. The summed E-state index contributed by atoms with van der Waals surface area (Å²) in [7, 11) is 4.12. The lowest BCUT2D eigenvalue weighted by atomic mass is 10.0. The van der Waals surface area contributed by atoms with Crippen molar-refractivity contribution >= 4 is 5.69 Å². The first-order chi connectivity index (χ1) is 11.6. The summed E-state index contributed by atoms with van der Waals surface area (Å²) in [5, 5.41) is 3.37. The molecule has 3 rings (SSSR count). The number of hydrogen-bond acceptors (Lipinski definition) is 3. The second-order valence-electron chi connectivity index (χ2n) is 6.61. The Morgan fingerprint density at radius 1 is 1.12 bits per heavy atom. The van der Waals surface area contributed by atoms with E-state index < -0.39 is 0 Å². The molecule has 0 aliphatic carbocycles. The van der Waals surface area contributed by atoms with Crippen molar-refractivity contribution in [2.24, 2.45) is 0 Å². The van der Waals surface area contributed by atoms with Crippen molar-refractivity contribution in [1.82, 2.24) is 4.90 Å². The van der Waals surface area contributed by atoms with Crippen molar-refractivity contribution in [2.45, 2.75) is 32.6 Å². The number of anilines is 1. The van der Waals surface area contributed by atoms with Gasteiger partial charge in [0.15, 0.2) is 0 Å². The average molecular weight is 328 g/mol. The van der Waals surface area contributed by atoms with Crippen LogP contribution in [0, 0.1) is 5.82 Å². The smallest absolute Gasteiger partial charge is 0.128 e. The lowest BCUT2D eigenvalue weighted by Gasteiger charge is -2.14. The summed E-state index contributed by atoms with van der Waals surface area (Å²) in [6.45, 7) is 2.87. The Kier molecular flexibility index (Phi) is 5.48. The molecule has 3 nitrogen and oxygen atoms in total. The number of ether oxygens (including phenoxy) is 1. The molecule has 0 spiro atoms. The molecule has 2 aromatic carbocycles. The molecule has 1 N–H and O–H groups in total. The molecule has 128 valence electrons. The standard InChI is InChI=1S/C20H25FN2O/c1-23(2)10-4-6-15-5-3-7-20(21)19(15)12-22-18-9-8-16-13-24-14-17(16)11-18/h3,5,7-9,11,22H,4,6,10,12-14H2,1-2H3. The van der Waals surface area contributed by atoms with E-state index in [9.17, 15) is 4.39 Å². The number of hydrogen-bond donors (Lipinski definition) is 1. The van der Waals surface area contributed by atoms with Crippen LogP contribution in [0.15, 0.2) is 36.4 Å². The van der Waals surface area contributed by atoms with Crippen LogP contribution in [0.1, 0.15) is 28.7 Å². The monoisotopic (exact) mass is 328 g/mol. The third-order valence-electron chi connectivity index (χ3n) is 4.46. The molecule has 0 saturated carbocycles. The highest BCUT2D eigenvalue weighted by molar-refractivity contribution is 5.50. The van der Waals surface area contributed by atoms with E-state index in [1.165, 1.54) is 11.1 Å². The zero-order valence-electron chi connectivity index (χ0n) is 14.4. The predicted octanol–water partition coefficient (Wildman–Crippen LogP) is 3.96. The third kappa shape index (κ3) is 4.13. The van der Waals surface area contributed by atoms with Crippen molar-refractivity contribution in [2.75, 3.05) is 26.0 Å².